The fraction of sp³-hybridized carbons (Fsp3) is 0.391. The van der Waals surface area contributed by atoms with Gasteiger partial charge in [-0.1, -0.05) is 18.2 Å². The summed E-state index contributed by atoms with van der Waals surface area (Å²) in [4.78, 5) is 29.6. The first kappa shape index (κ1) is 19.3. The van der Waals surface area contributed by atoms with Crippen LogP contribution in [0.1, 0.15) is 30.9 Å². The molecule has 4 rings (SSSR count). The van der Waals surface area contributed by atoms with Crippen molar-refractivity contribution in [3.8, 4) is 11.5 Å². The molecule has 2 atom stereocenters. The van der Waals surface area contributed by atoms with Crippen LogP contribution in [0.3, 0.4) is 0 Å². The average Bonchev–Trinajstić information content (AvgIpc) is 3.40. The smallest absolute Gasteiger partial charge is 0.228 e. The summed E-state index contributed by atoms with van der Waals surface area (Å²) in [5.41, 5.74) is 1.81. The maximum Gasteiger partial charge on any atom is 0.228 e. The zero-order valence-electron chi connectivity index (χ0n) is 16.8. The van der Waals surface area contributed by atoms with Crippen molar-refractivity contribution in [3.05, 3.63) is 54.1 Å². The molecule has 0 saturated carbocycles. The number of benzene rings is 2. The van der Waals surface area contributed by atoms with Gasteiger partial charge in [-0.05, 0) is 43.2 Å². The van der Waals surface area contributed by atoms with Gasteiger partial charge in [-0.3, -0.25) is 9.59 Å². The Morgan fingerprint density at radius 1 is 1.07 bits per heavy atom. The number of para-hydroxylation sites is 1. The van der Waals surface area contributed by atoms with E-state index >= 15 is 0 Å². The van der Waals surface area contributed by atoms with Crippen LogP contribution in [0.15, 0.2) is 48.5 Å². The quantitative estimate of drug-likeness (QED) is 0.780. The number of amides is 2. The molecule has 0 N–H and O–H groups in total. The van der Waals surface area contributed by atoms with Gasteiger partial charge in [0.25, 0.3) is 0 Å². The lowest BCUT2D eigenvalue weighted by molar-refractivity contribution is -0.136. The van der Waals surface area contributed by atoms with Crippen molar-refractivity contribution in [2.24, 2.45) is 5.92 Å². The van der Waals surface area contributed by atoms with Crippen molar-refractivity contribution >= 4 is 17.5 Å². The van der Waals surface area contributed by atoms with Crippen molar-refractivity contribution < 1.29 is 19.1 Å². The van der Waals surface area contributed by atoms with E-state index in [1.807, 2.05) is 53.4 Å². The van der Waals surface area contributed by atoms with Gasteiger partial charge in [-0.2, -0.15) is 0 Å². The molecular formula is C23H26N2O4. The van der Waals surface area contributed by atoms with E-state index in [1.54, 1.807) is 19.1 Å². The Kier molecular flexibility index (Phi) is 5.43. The van der Waals surface area contributed by atoms with Gasteiger partial charge in [0.05, 0.1) is 26.2 Å². The molecule has 2 aliphatic heterocycles. The second kappa shape index (κ2) is 8.15. The van der Waals surface area contributed by atoms with Crippen LogP contribution in [0, 0.1) is 5.92 Å². The van der Waals surface area contributed by atoms with Gasteiger partial charge in [0.1, 0.15) is 11.5 Å². The van der Waals surface area contributed by atoms with Gasteiger partial charge in [0.15, 0.2) is 0 Å². The lowest BCUT2D eigenvalue weighted by Gasteiger charge is -2.29. The minimum absolute atomic E-state index is 0.00394. The van der Waals surface area contributed by atoms with Crippen LogP contribution in [0.2, 0.25) is 0 Å². The van der Waals surface area contributed by atoms with E-state index in [4.69, 9.17) is 9.47 Å². The molecule has 0 radical (unpaired) electrons. The van der Waals surface area contributed by atoms with Crippen LogP contribution in [0.5, 0.6) is 11.5 Å². The summed E-state index contributed by atoms with van der Waals surface area (Å²) in [6.07, 6.45) is 2.06. The zero-order valence-corrected chi connectivity index (χ0v) is 16.8. The summed E-state index contributed by atoms with van der Waals surface area (Å²) >= 11 is 0. The lowest BCUT2D eigenvalue weighted by atomic mass is 10.0. The molecule has 6 nitrogen and oxygen atoms in total. The summed E-state index contributed by atoms with van der Waals surface area (Å²) < 4.78 is 10.9. The maximum atomic E-state index is 13.4. The Bertz CT molecular complexity index is 899. The molecule has 2 aromatic carbocycles. The van der Waals surface area contributed by atoms with Crippen molar-refractivity contribution in [1.29, 1.82) is 0 Å². The second-order valence-corrected chi connectivity index (χ2v) is 7.54. The van der Waals surface area contributed by atoms with E-state index < -0.39 is 0 Å². The number of hydrogen-bond acceptors (Lipinski definition) is 4. The molecule has 152 valence electrons. The summed E-state index contributed by atoms with van der Waals surface area (Å²) in [7, 11) is 3.27. The first-order valence-electron chi connectivity index (χ1n) is 10.00. The van der Waals surface area contributed by atoms with E-state index in [9.17, 15) is 9.59 Å². The number of hydrogen-bond donors (Lipinski definition) is 0. The monoisotopic (exact) mass is 394 g/mol. The van der Waals surface area contributed by atoms with Crippen LogP contribution >= 0.6 is 0 Å². The normalized spacial score (nSPS) is 21.5. The number of ether oxygens (including phenoxy) is 2. The highest BCUT2D eigenvalue weighted by atomic mass is 16.5. The first-order valence-corrected chi connectivity index (χ1v) is 10.00. The number of rotatable bonds is 5. The van der Waals surface area contributed by atoms with Crippen LogP contribution in [0.4, 0.5) is 5.69 Å². The van der Waals surface area contributed by atoms with Crippen LogP contribution in [0.25, 0.3) is 0 Å². The van der Waals surface area contributed by atoms with E-state index in [0.717, 1.165) is 35.6 Å². The molecule has 0 bridgehead atoms. The van der Waals surface area contributed by atoms with E-state index in [2.05, 4.69) is 0 Å². The number of methoxy groups -OCH3 is 2. The molecular weight excluding hydrogens is 368 g/mol. The Labute approximate surface area is 171 Å². The molecule has 6 heteroatoms. The Hall–Kier alpha value is -3.02. The number of nitrogens with zero attached hydrogens (tertiary/aromatic N) is 2. The van der Waals surface area contributed by atoms with Gasteiger partial charge >= 0.3 is 0 Å². The van der Waals surface area contributed by atoms with Crippen LogP contribution < -0.4 is 14.4 Å². The SMILES string of the molecule is COc1ccc(OC)c([C@@H]2CCCN2C(=O)[C@H]2CC(=O)N(c3ccccc3)C2)c1. The molecule has 2 amide bonds. The minimum Gasteiger partial charge on any atom is -0.497 e. The van der Waals surface area contributed by atoms with E-state index in [1.165, 1.54) is 0 Å². The molecule has 0 aromatic heterocycles. The van der Waals surface area contributed by atoms with E-state index in [-0.39, 0.29) is 30.2 Å². The van der Waals surface area contributed by atoms with E-state index in [0.29, 0.717) is 13.1 Å². The molecule has 0 spiro atoms. The highest BCUT2D eigenvalue weighted by Gasteiger charge is 2.41. The summed E-state index contributed by atoms with van der Waals surface area (Å²) in [6, 6.07) is 15.2. The fourth-order valence-corrected chi connectivity index (χ4v) is 4.42. The summed E-state index contributed by atoms with van der Waals surface area (Å²) in [6.45, 7) is 1.13. The predicted molar refractivity (Wildman–Crippen MR) is 110 cm³/mol. The van der Waals surface area contributed by atoms with Gasteiger partial charge in [0.2, 0.25) is 11.8 Å². The molecule has 0 unspecified atom stereocenters. The average molecular weight is 394 g/mol. The molecule has 0 aliphatic carbocycles. The van der Waals surface area contributed by atoms with Crippen molar-refractivity contribution in [3.63, 3.8) is 0 Å². The third kappa shape index (κ3) is 3.67. The lowest BCUT2D eigenvalue weighted by Crippen LogP contribution is -2.37. The van der Waals surface area contributed by atoms with Crippen molar-refractivity contribution in [1.82, 2.24) is 4.90 Å². The third-order valence-electron chi connectivity index (χ3n) is 5.87. The van der Waals surface area contributed by atoms with Crippen molar-refractivity contribution in [2.45, 2.75) is 25.3 Å². The Balaban J connectivity index is 1.55. The molecule has 2 aliphatic rings. The molecule has 2 aromatic rings. The number of carbonyl (C=O) groups is 2. The Morgan fingerprint density at radius 3 is 2.59 bits per heavy atom. The van der Waals surface area contributed by atoms with Crippen molar-refractivity contribution in [2.75, 3.05) is 32.2 Å². The third-order valence-corrected chi connectivity index (χ3v) is 5.87. The topological polar surface area (TPSA) is 59.1 Å². The minimum atomic E-state index is -0.320. The first-order chi connectivity index (χ1) is 14.1. The highest BCUT2D eigenvalue weighted by molar-refractivity contribution is 6.00. The molecule has 2 heterocycles. The number of likely N-dealkylation sites (tertiary alicyclic amines) is 1. The number of anilines is 1. The standard InChI is InChI=1S/C23H26N2O4/c1-28-18-10-11-21(29-2)19(14-18)20-9-6-12-24(20)23(27)16-13-22(26)25(15-16)17-7-4-3-5-8-17/h3-5,7-8,10-11,14,16,20H,6,9,12-13,15H2,1-2H3/t16-,20-/m0/s1. The predicted octanol–water partition coefficient (Wildman–Crippen LogP) is 3.42. The van der Waals surface area contributed by atoms with Gasteiger partial charge < -0.3 is 19.3 Å². The van der Waals surface area contributed by atoms with Crippen LogP contribution in [-0.2, 0) is 9.59 Å². The summed E-state index contributed by atoms with van der Waals surface area (Å²) in [5, 5.41) is 0. The highest BCUT2D eigenvalue weighted by Crippen LogP contribution is 2.40. The molecule has 29 heavy (non-hydrogen) atoms. The zero-order chi connectivity index (χ0) is 20.4. The van der Waals surface area contributed by atoms with Gasteiger partial charge in [0, 0.05) is 30.8 Å². The molecule has 2 saturated heterocycles. The maximum absolute atomic E-state index is 13.4. The second-order valence-electron chi connectivity index (χ2n) is 7.54. The largest absolute Gasteiger partial charge is 0.497 e. The van der Waals surface area contributed by atoms with Gasteiger partial charge in [-0.15, -0.1) is 0 Å². The molecule has 2 fully saturated rings. The van der Waals surface area contributed by atoms with Gasteiger partial charge in [-0.25, -0.2) is 0 Å². The summed E-state index contributed by atoms with van der Waals surface area (Å²) in [5.74, 6) is 1.23. The Morgan fingerprint density at radius 2 is 1.86 bits per heavy atom. The fourth-order valence-electron chi connectivity index (χ4n) is 4.42. The number of carbonyl (C=O) groups excluding carboxylic acids is 2. The van der Waals surface area contributed by atoms with Crippen LogP contribution in [-0.4, -0.2) is 44.0 Å².